The summed E-state index contributed by atoms with van der Waals surface area (Å²) in [5.41, 5.74) is 7.73. The zero-order chi connectivity index (χ0) is 13.4. The summed E-state index contributed by atoms with van der Waals surface area (Å²) in [6, 6.07) is 7.92. The lowest BCUT2D eigenvalue weighted by atomic mass is 10.1. The number of nitrogen functional groups attached to an aromatic ring is 1. The average Bonchev–Trinajstić information content (AvgIpc) is 2.74. The van der Waals surface area contributed by atoms with Crippen LogP contribution in [0.5, 0.6) is 0 Å². The van der Waals surface area contributed by atoms with E-state index in [1.165, 1.54) is 12.1 Å². The zero-order valence-electron chi connectivity index (χ0n) is 9.85. The molecule has 0 unspecified atom stereocenters. The molecule has 0 saturated heterocycles. The van der Waals surface area contributed by atoms with E-state index in [2.05, 4.69) is 10.1 Å². The van der Waals surface area contributed by atoms with Gasteiger partial charge in [0.2, 0.25) is 0 Å². The lowest BCUT2D eigenvalue weighted by Gasteiger charge is -1.96. The van der Waals surface area contributed by atoms with E-state index in [9.17, 15) is 4.39 Å². The standard InChI is InChI=1S/C13H10ClFN4/c14-10-6-13-17-12(18-19(13)7-11(10)16)5-8-1-3-9(15)4-2-8/h1-4,6-7H,5,16H2. The van der Waals surface area contributed by atoms with Gasteiger partial charge in [0, 0.05) is 12.5 Å². The number of hydrogen-bond acceptors (Lipinski definition) is 3. The number of pyridine rings is 1. The molecule has 1 aromatic carbocycles. The maximum Gasteiger partial charge on any atom is 0.157 e. The summed E-state index contributed by atoms with van der Waals surface area (Å²) in [7, 11) is 0. The molecule has 0 radical (unpaired) electrons. The van der Waals surface area contributed by atoms with E-state index >= 15 is 0 Å². The number of rotatable bonds is 2. The van der Waals surface area contributed by atoms with E-state index in [1.807, 2.05) is 0 Å². The van der Waals surface area contributed by atoms with Gasteiger partial charge >= 0.3 is 0 Å². The first-order chi connectivity index (χ1) is 9.11. The third-order valence-corrected chi connectivity index (χ3v) is 3.10. The van der Waals surface area contributed by atoms with Gasteiger partial charge < -0.3 is 5.73 Å². The quantitative estimate of drug-likeness (QED) is 0.783. The number of benzene rings is 1. The van der Waals surface area contributed by atoms with Gasteiger partial charge in [0.15, 0.2) is 11.5 Å². The van der Waals surface area contributed by atoms with Crippen LogP contribution in [0.3, 0.4) is 0 Å². The van der Waals surface area contributed by atoms with Crippen LogP contribution in [0.1, 0.15) is 11.4 Å². The molecular weight excluding hydrogens is 267 g/mol. The Kier molecular flexibility index (Phi) is 2.83. The molecule has 2 aromatic heterocycles. The Morgan fingerprint density at radius 1 is 1.26 bits per heavy atom. The number of hydrogen-bond donors (Lipinski definition) is 1. The first kappa shape index (κ1) is 11.9. The van der Waals surface area contributed by atoms with Gasteiger partial charge in [-0.05, 0) is 17.7 Å². The number of halogens is 2. The Morgan fingerprint density at radius 2 is 2.00 bits per heavy atom. The smallest absolute Gasteiger partial charge is 0.157 e. The fourth-order valence-electron chi connectivity index (χ4n) is 1.82. The number of nitrogens with two attached hydrogens (primary N) is 1. The molecule has 19 heavy (non-hydrogen) atoms. The normalized spacial score (nSPS) is 11.1. The van der Waals surface area contributed by atoms with Crippen LogP contribution in [-0.4, -0.2) is 14.6 Å². The van der Waals surface area contributed by atoms with Gasteiger partial charge in [-0.1, -0.05) is 23.7 Å². The molecule has 2 N–H and O–H groups in total. The Morgan fingerprint density at radius 3 is 2.74 bits per heavy atom. The SMILES string of the molecule is Nc1cn2nc(Cc3ccc(F)cc3)nc2cc1Cl. The Bertz CT molecular complexity index is 697. The highest BCUT2D eigenvalue weighted by molar-refractivity contribution is 6.33. The van der Waals surface area contributed by atoms with Gasteiger partial charge in [0.25, 0.3) is 0 Å². The van der Waals surface area contributed by atoms with Crippen LogP contribution in [0.15, 0.2) is 36.5 Å². The van der Waals surface area contributed by atoms with Gasteiger partial charge in [0.1, 0.15) is 5.82 Å². The lowest BCUT2D eigenvalue weighted by molar-refractivity contribution is 0.627. The summed E-state index contributed by atoms with van der Waals surface area (Å²) in [6.07, 6.45) is 2.15. The molecular formula is C13H10ClFN4. The average molecular weight is 277 g/mol. The third-order valence-electron chi connectivity index (χ3n) is 2.77. The van der Waals surface area contributed by atoms with Crippen molar-refractivity contribution in [1.29, 1.82) is 0 Å². The molecule has 3 rings (SSSR count). The van der Waals surface area contributed by atoms with Crippen LogP contribution >= 0.6 is 11.6 Å². The predicted molar refractivity (Wildman–Crippen MR) is 71.6 cm³/mol. The first-order valence-corrected chi connectivity index (χ1v) is 6.04. The van der Waals surface area contributed by atoms with Crippen molar-refractivity contribution in [3.05, 3.63) is 58.8 Å². The van der Waals surface area contributed by atoms with Gasteiger partial charge in [-0.3, -0.25) is 0 Å². The van der Waals surface area contributed by atoms with Crippen LogP contribution < -0.4 is 5.73 Å². The highest BCUT2D eigenvalue weighted by Crippen LogP contribution is 2.19. The van der Waals surface area contributed by atoms with Crippen molar-refractivity contribution < 1.29 is 4.39 Å². The van der Waals surface area contributed by atoms with Crippen molar-refractivity contribution in [2.24, 2.45) is 0 Å². The van der Waals surface area contributed by atoms with Crippen molar-refractivity contribution in [3.8, 4) is 0 Å². The lowest BCUT2D eigenvalue weighted by Crippen LogP contribution is -1.94. The van der Waals surface area contributed by atoms with Gasteiger partial charge in [-0.25, -0.2) is 13.9 Å². The van der Waals surface area contributed by atoms with E-state index in [0.717, 1.165) is 5.56 Å². The molecule has 0 aliphatic carbocycles. The molecule has 0 amide bonds. The van der Waals surface area contributed by atoms with Crippen LogP contribution in [0.2, 0.25) is 5.02 Å². The molecule has 0 spiro atoms. The Balaban J connectivity index is 1.95. The molecule has 0 saturated carbocycles. The highest BCUT2D eigenvalue weighted by atomic mass is 35.5. The first-order valence-electron chi connectivity index (χ1n) is 5.66. The van der Waals surface area contributed by atoms with E-state index in [1.54, 1.807) is 28.9 Å². The van der Waals surface area contributed by atoms with Crippen molar-refractivity contribution in [1.82, 2.24) is 14.6 Å². The minimum absolute atomic E-state index is 0.258. The second kappa shape index (κ2) is 4.51. The summed E-state index contributed by atoms with van der Waals surface area (Å²) in [5, 5.41) is 4.76. The van der Waals surface area contributed by atoms with Gasteiger partial charge in [-0.15, -0.1) is 0 Å². The Hall–Kier alpha value is -2.14. The van der Waals surface area contributed by atoms with Crippen LogP contribution in [-0.2, 0) is 6.42 Å². The van der Waals surface area contributed by atoms with Crippen molar-refractivity contribution in [3.63, 3.8) is 0 Å². The van der Waals surface area contributed by atoms with E-state index in [4.69, 9.17) is 17.3 Å². The number of nitrogens with zero attached hydrogens (tertiary/aromatic N) is 3. The van der Waals surface area contributed by atoms with Crippen LogP contribution in [0.25, 0.3) is 5.65 Å². The van der Waals surface area contributed by atoms with Crippen LogP contribution in [0, 0.1) is 5.82 Å². The number of anilines is 1. The fraction of sp³-hybridized carbons (Fsp3) is 0.0769. The summed E-state index contributed by atoms with van der Waals surface area (Å²) in [6.45, 7) is 0. The molecule has 0 bridgehead atoms. The maximum absolute atomic E-state index is 12.8. The predicted octanol–water partition coefficient (Wildman–Crippen LogP) is 2.69. The molecule has 0 aliphatic heterocycles. The summed E-state index contributed by atoms with van der Waals surface area (Å²) in [5.74, 6) is 0.375. The molecule has 4 nitrogen and oxygen atoms in total. The second-order valence-corrected chi connectivity index (χ2v) is 4.62. The molecule has 0 atom stereocenters. The Labute approximate surface area is 113 Å². The molecule has 6 heteroatoms. The molecule has 0 fully saturated rings. The monoisotopic (exact) mass is 276 g/mol. The second-order valence-electron chi connectivity index (χ2n) is 4.21. The molecule has 3 aromatic rings. The number of aromatic nitrogens is 3. The maximum atomic E-state index is 12.8. The summed E-state index contributed by atoms with van der Waals surface area (Å²) < 4.78 is 14.4. The van der Waals surface area contributed by atoms with Crippen molar-refractivity contribution in [2.75, 3.05) is 5.73 Å². The van der Waals surface area contributed by atoms with E-state index in [0.29, 0.717) is 28.6 Å². The minimum atomic E-state index is -0.258. The number of fused-ring (bicyclic) bond motifs is 1. The fourth-order valence-corrected chi connectivity index (χ4v) is 1.97. The topological polar surface area (TPSA) is 56.2 Å². The highest BCUT2D eigenvalue weighted by Gasteiger charge is 2.07. The summed E-state index contributed by atoms with van der Waals surface area (Å²) >= 11 is 5.93. The van der Waals surface area contributed by atoms with E-state index < -0.39 is 0 Å². The molecule has 96 valence electrons. The van der Waals surface area contributed by atoms with Gasteiger partial charge in [-0.2, -0.15) is 5.10 Å². The third kappa shape index (κ3) is 2.37. The zero-order valence-corrected chi connectivity index (χ0v) is 10.6. The molecule has 2 heterocycles. The van der Waals surface area contributed by atoms with Gasteiger partial charge in [0.05, 0.1) is 16.9 Å². The van der Waals surface area contributed by atoms with Crippen LogP contribution in [0.4, 0.5) is 10.1 Å². The van der Waals surface area contributed by atoms with Crippen molar-refractivity contribution >= 4 is 22.9 Å². The minimum Gasteiger partial charge on any atom is -0.396 e. The molecule has 0 aliphatic rings. The van der Waals surface area contributed by atoms with E-state index in [-0.39, 0.29) is 5.82 Å². The largest absolute Gasteiger partial charge is 0.396 e. The van der Waals surface area contributed by atoms with Crippen molar-refractivity contribution in [2.45, 2.75) is 6.42 Å². The summed E-state index contributed by atoms with van der Waals surface area (Å²) in [4.78, 5) is 4.35.